The zero-order valence-electron chi connectivity index (χ0n) is 38.8. The highest BCUT2D eigenvalue weighted by atomic mass is 32.2. The van der Waals surface area contributed by atoms with Gasteiger partial charge < -0.3 is 29.7 Å². The van der Waals surface area contributed by atoms with E-state index in [2.05, 4.69) is 47.0 Å². The fraction of sp³-hybridized carbons (Fsp3) is 0.469. The summed E-state index contributed by atoms with van der Waals surface area (Å²) in [6.07, 6.45) is 5.32. The minimum atomic E-state index is -3.53. The molecule has 5 atom stereocenters. The molecule has 6 aliphatic rings. The molecule has 2 N–H and O–H groups in total. The Labute approximate surface area is 399 Å². The van der Waals surface area contributed by atoms with Crippen molar-refractivity contribution >= 4 is 79.1 Å². The molecule has 5 fully saturated rings. The summed E-state index contributed by atoms with van der Waals surface area (Å²) >= 11 is 0. The molecule has 0 bridgehead atoms. The van der Waals surface area contributed by atoms with E-state index in [-0.39, 0.29) is 73.1 Å². The van der Waals surface area contributed by atoms with Crippen molar-refractivity contribution in [2.24, 2.45) is 5.92 Å². The molecule has 0 spiro atoms. The Hall–Kier alpha value is -6.54. The topological polar surface area (TPSA) is 208 Å². The van der Waals surface area contributed by atoms with Crippen LogP contribution < -0.4 is 25.3 Å². The average Bonchev–Trinajstić information content (AvgIpc) is 3.90. The number of likely N-dealkylation sites (tertiary alicyclic amines) is 1. The first-order valence-corrected chi connectivity index (χ1v) is 25.3. The van der Waals surface area contributed by atoms with Crippen LogP contribution in [0, 0.1) is 5.92 Å². The number of nitrogens with zero attached hydrogens (tertiary/aromatic N) is 8. The first-order chi connectivity index (χ1) is 33.1. The molecule has 0 saturated carbocycles. The van der Waals surface area contributed by atoms with Gasteiger partial charge in [-0.3, -0.25) is 34.2 Å². The number of fused-ring (bicyclic) bond motifs is 2. The number of nitrogens with one attached hydrogen (secondary N) is 2. The van der Waals surface area contributed by atoms with Gasteiger partial charge in [-0.05, 0) is 90.6 Å². The third-order valence-electron chi connectivity index (χ3n) is 14.8. The van der Waals surface area contributed by atoms with E-state index < -0.39 is 57.0 Å². The van der Waals surface area contributed by atoms with Gasteiger partial charge in [-0.25, -0.2) is 22.8 Å². The second kappa shape index (κ2) is 18.1. The Morgan fingerprint density at radius 2 is 1.70 bits per heavy atom. The van der Waals surface area contributed by atoms with Crippen LogP contribution >= 0.6 is 0 Å². The van der Waals surface area contributed by atoms with E-state index in [1.54, 1.807) is 35.4 Å². The lowest BCUT2D eigenvalue weighted by molar-refractivity contribution is -0.136. The number of hydrogen-bond acceptors (Lipinski definition) is 15. The van der Waals surface area contributed by atoms with Crippen molar-refractivity contribution in [3.63, 3.8) is 0 Å². The van der Waals surface area contributed by atoms with E-state index in [4.69, 9.17) is 14.7 Å². The second-order valence-electron chi connectivity index (χ2n) is 19.1. The van der Waals surface area contributed by atoms with Gasteiger partial charge in [0.05, 0.1) is 40.8 Å². The molecular weight excluding hydrogens is 908 g/mol. The van der Waals surface area contributed by atoms with Gasteiger partial charge in [0.1, 0.15) is 23.8 Å². The number of imide groups is 2. The maximum atomic E-state index is 14.9. The lowest BCUT2D eigenvalue weighted by Gasteiger charge is -2.48. The summed E-state index contributed by atoms with van der Waals surface area (Å²) in [5.41, 5.74) is 3.86. The van der Waals surface area contributed by atoms with E-state index >= 15 is 0 Å². The molecule has 10 rings (SSSR count). The van der Waals surface area contributed by atoms with Gasteiger partial charge in [0.2, 0.25) is 23.7 Å². The molecule has 18 nitrogen and oxygen atoms in total. The number of sulfone groups is 1. The van der Waals surface area contributed by atoms with Crippen molar-refractivity contribution < 1.29 is 41.5 Å². The SMILES string of the molecule is C=CC(=O)N1CCC[C@@H]1c1cc(N2CC([C@H]3CN(c4ccc5c(c4)C(=O)N(C4CCC(=O)NC4=O)C5=O)CCS3(=O)=O)C2)c2cnc(Nc3ccnc(N4CC[C@@H](OC)[C@@H](F)C4)n3)cc2c1C(C)C. The summed E-state index contributed by atoms with van der Waals surface area (Å²) in [7, 11) is -2.01. The van der Waals surface area contributed by atoms with Crippen LogP contribution in [0.3, 0.4) is 0 Å². The Kier molecular flexibility index (Phi) is 12.1. The maximum absolute atomic E-state index is 14.9. The molecule has 0 aliphatic carbocycles. The number of anilines is 5. The van der Waals surface area contributed by atoms with Crippen LogP contribution in [0.15, 0.2) is 61.4 Å². The van der Waals surface area contributed by atoms with Crippen LogP contribution in [-0.2, 0) is 29.0 Å². The fourth-order valence-electron chi connectivity index (χ4n) is 11.2. The third kappa shape index (κ3) is 8.34. The number of ether oxygens (including phenoxy) is 1. The van der Waals surface area contributed by atoms with Gasteiger partial charge in [-0.15, -0.1) is 0 Å². The summed E-state index contributed by atoms with van der Waals surface area (Å²) in [5.74, 6) is -1.40. The monoisotopic (exact) mass is 962 g/mol. The number of hydrogen-bond donors (Lipinski definition) is 2. The third-order valence-corrected chi connectivity index (χ3v) is 17.0. The van der Waals surface area contributed by atoms with Crippen molar-refractivity contribution in [3.8, 4) is 0 Å². The molecule has 20 heteroatoms. The van der Waals surface area contributed by atoms with Crippen molar-refractivity contribution in [2.45, 2.75) is 81.5 Å². The quantitative estimate of drug-likeness (QED) is 0.157. The van der Waals surface area contributed by atoms with Crippen molar-refractivity contribution in [1.29, 1.82) is 0 Å². The molecule has 1 unspecified atom stereocenters. The highest BCUT2D eigenvalue weighted by molar-refractivity contribution is 7.92. The van der Waals surface area contributed by atoms with Gasteiger partial charge in [0.25, 0.3) is 11.8 Å². The zero-order chi connectivity index (χ0) is 48.5. The number of benzene rings is 2. The number of aromatic nitrogens is 3. The standard InChI is InChI=1S/C49H55FN10O8S/c1-5-44(62)59-15-6-7-36(59)33-20-38(34-22-52-42(21-31(34)45(33)27(2)3)53-41-12-14-51-49(54-41)57-16-13-39(68-4)35(50)25-57)58-23-28(24-58)40-26-56(17-18-69(40,66)67)29-8-9-30-32(19-29)48(65)60(47(30)64)37-10-11-43(61)55-46(37)63/h5,8-9,12,14,19-22,27-28,35-37,39-40H,1,6-7,10-11,13,15-18,23-26H2,2-4H3,(H,55,61,63)(H,51,52,53,54)/t35-,36+,37?,39+,40+/m0/s1. The van der Waals surface area contributed by atoms with Crippen molar-refractivity contribution in [1.82, 2.24) is 30.1 Å². The van der Waals surface area contributed by atoms with Crippen LogP contribution in [0.1, 0.15) is 89.8 Å². The molecule has 2 aromatic heterocycles. The summed E-state index contributed by atoms with van der Waals surface area (Å²) in [5, 5.41) is 6.66. The number of carbonyl (C=O) groups excluding carboxylic acids is 5. The molecule has 69 heavy (non-hydrogen) atoms. The van der Waals surface area contributed by atoms with Gasteiger partial charge in [-0.1, -0.05) is 20.4 Å². The molecule has 8 heterocycles. The lowest BCUT2D eigenvalue weighted by Crippen LogP contribution is -2.60. The molecule has 6 aliphatic heterocycles. The smallest absolute Gasteiger partial charge is 0.262 e. The predicted octanol–water partition coefficient (Wildman–Crippen LogP) is 4.45. The molecule has 5 saturated heterocycles. The van der Waals surface area contributed by atoms with Crippen LogP contribution in [0.5, 0.6) is 0 Å². The summed E-state index contributed by atoms with van der Waals surface area (Å²) < 4.78 is 48.0. The highest BCUT2D eigenvalue weighted by Gasteiger charge is 2.47. The van der Waals surface area contributed by atoms with Crippen LogP contribution in [-0.4, -0.2) is 145 Å². The normalized spacial score (nSPS) is 25.1. The average molecular weight is 963 g/mol. The predicted molar refractivity (Wildman–Crippen MR) is 256 cm³/mol. The number of methoxy groups -OCH3 is 1. The van der Waals surface area contributed by atoms with E-state index in [1.165, 1.54) is 13.2 Å². The van der Waals surface area contributed by atoms with Gasteiger partial charge in [0.15, 0.2) is 9.84 Å². The van der Waals surface area contributed by atoms with E-state index in [0.717, 1.165) is 45.3 Å². The number of halogens is 1. The lowest BCUT2D eigenvalue weighted by atomic mass is 9.85. The van der Waals surface area contributed by atoms with Crippen molar-refractivity contribution in [3.05, 3.63) is 83.7 Å². The van der Waals surface area contributed by atoms with Crippen molar-refractivity contribution in [2.75, 3.05) is 78.7 Å². The minimum Gasteiger partial charge on any atom is -0.378 e. The molecular formula is C49H55FN10O8S. The zero-order valence-corrected chi connectivity index (χ0v) is 39.6. The summed E-state index contributed by atoms with van der Waals surface area (Å²) in [6, 6.07) is 9.44. The van der Waals surface area contributed by atoms with Crippen LogP contribution in [0.25, 0.3) is 10.8 Å². The number of piperidine rings is 2. The first kappa shape index (κ1) is 46.2. The Balaban J connectivity index is 0.929. The van der Waals surface area contributed by atoms with Crippen LogP contribution in [0.4, 0.5) is 33.3 Å². The maximum Gasteiger partial charge on any atom is 0.262 e. The highest BCUT2D eigenvalue weighted by Crippen LogP contribution is 2.46. The molecule has 4 aromatic rings. The van der Waals surface area contributed by atoms with Crippen LogP contribution in [0.2, 0.25) is 0 Å². The van der Waals surface area contributed by atoms with Gasteiger partial charge >= 0.3 is 0 Å². The fourth-order valence-corrected chi connectivity index (χ4v) is 13.1. The van der Waals surface area contributed by atoms with Gasteiger partial charge in [0, 0.05) is 87.9 Å². The second-order valence-corrected chi connectivity index (χ2v) is 21.5. The Morgan fingerprint density at radius 3 is 2.43 bits per heavy atom. The Morgan fingerprint density at radius 1 is 0.899 bits per heavy atom. The molecule has 2 aromatic carbocycles. The largest absolute Gasteiger partial charge is 0.378 e. The van der Waals surface area contributed by atoms with E-state index in [0.29, 0.717) is 55.9 Å². The molecule has 5 amide bonds. The van der Waals surface area contributed by atoms with E-state index in [1.807, 2.05) is 22.1 Å². The summed E-state index contributed by atoms with van der Waals surface area (Å²) in [6.45, 7) is 10.6. The van der Waals surface area contributed by atoms with Gasteiger partial charge in [-0.2, -0.15) is 4.98 Å². The summed E-state index contributed by atoms with van der Waals surface area (Å²) in [4.78, 5) is 87.5. The number of alkyl halides is 1. The van der Waals surface area contributed by atoms with E-state index in [9.17, 15) is 36.8 Å². The molecule has 0 radical (unpaired) electrons. The number of amides is 5. The number of rotatable bonds is 11. The molecule has 362 valence electrons. The minimum absolute atomic E-state index is 0.0100. The Bertz CT molecular complexity index is 2910. The first-order valence-electron chi connectivity index (χ1n) is 23.6. The number of pyridine rings is 1. The number of carbonyl (C=O) groups is 5.